The highest BCUT2D eigenvalue weighted by Crippen LogP contribution is 2.33. The molecule has 0 aromatic rings. The second-order valence-electron chi connectivity index (χ2n) is 3.69. The molecule has 0 amide bonds. The molecule has 2 nitrogen and oxygen atoms in total. The predicted octanol–water partition coefficient (Wildman–Crippen LogP) is 2.38. The second-order valence-corrected chi connectivity index (χ2v) is 4.86. The molecule has 0 saturated heterocycles. The normalized spacial score (nSPS) is 32.0. The number of hydrogen-bond donors (Lipinski definition) is 0. The van der Waals surface area contributed by atoms with Crippen LogP contribution in [0.5, 0.6) is 0 Å². The lowest BCUT2D eigenvalue weighted by molar-refractivity contribution is -0.125. The summed E-state index contributed by atoms with van der Waals surface area (Å²) in [5.74, 6) is 0.157. The van der Waals surface area contributed by atoms with Crippen molar-refractivity contribution in [1.82, 2.24) is 0 Å². The Morgan fingerprint density at radius 1 is 1.57 bits per heavy atom. The quantitative estimate of drug-likeness (QED) is 0.674. The van der Waals surface area contributed by atoms with Gasteiger partial charge in [-0.1, -0.05) is 28.1 Å². The first-order valence-electron chi connectivity index (χ1n) is 4.84. The number of ether oxygens (including phenoxy) is 1. The van der Waals surface area contributed by atoms with Gasteiger partial charge in [-0.15, -0.1) is 0 Å². The van der Waals surface area contributed by atoms with Gasteiger partial charge in [-0.05, 0) is 24.8 Å². The third-order valence-corrected chi connectivity index (χ3v) is 3.43. The number of ketones is 1. The Bertz CT molecular complexity index is 317. The Labute approximate surface area is 92.1 Å². The van der Waals surface area contributed by atoms with Gasteiger partial charge in [-0.25, -0.2) is 0 Å². The van der Waals surface area contributed by atoms with Crippen molar-refractivity contribution >= 4 is 21.7 Å². The van der Waals surface area contributed by atoms with Crippen LogP contribution in [0.25, 0.3) is 0 Å². The van der Waals surface area contributed by atoms with E-state index in [0.717, 1.165) is 24.8 Å². The number of alkyl halides is 1. The average molecular weight is 257 g/mol. The Hall–Kier alpha value is -0.410. The van der Waals surface area contributed by atoms with Crippen molar-refractivity contribution in [2.45, 2.75) is 30.2 Å². The first-order valence-corrected chi connectivity index (χ1v) is 5.76. The Kier molecular flexibility index (Phi) is 2.88. The maximum absolute atomic E-state index is 11.8. The molecule has 0 N–H and O–H groups in total. The maximum atomic E-state index is 11.8. The van der Waals surface area contributed by atoms with E-state index in [1.807, 2.05) is 6.08 Å². The Morgan fingerprint density at radius 3 is 3.07 bits per heavy atom. The summed E-state index contributed by atoms with van der Waals surface area (Å²) in [7, 11) is 1.61. The zero-order chi connectivity index (χ0) is 10.1. The van der Waals surface area contributed by atoms with Crippen molar-refractivity contribution in [3.8, 4) is 0 Å². The van der Waals surface area contributed by atoms with Crippen LogP contribution in [0.1, 0.15) is 19.3 Å². The second kappa shape index (κ2) is 3.99. The Balaban J connectivity index is 2.24. The number of rotatable bonds is 1. The van der Waals surface area contributed by atoms with Crippen molar-refractivity contribution in [2.24, 2.45) is 0 Å². The molecular formula is C11H13BrO2. The van der Waals surface area contributed by atoms with E-state index in [1.54, 1.807) is 7.11 Å². The number of allylic oxidation sites excluding steroid dienone is 3. The standard InChI is InChI=1S/C11H13BrO2/c1-14-10-5-2-7-6-8(12)3-4-9(7)11(10)13/h4,6,8,10H,2-3,5H2,1H3. The molecule has 0 bridgehead atoms. The Morgan fingerprint density at radius 2 is 2.36 bits per heavy atom. The van der Waals surface area contributed by atoms with E-state index in [0.29, 0.717) is 4.83 Å². The number of carbonyl (C=O) groups excluding carboxylic acids is 1. The summed E-state index contributed by atoms with van der Waals surface area (Å²) in [6, 6.07) is 0. The number of Topliss-reactive ketones (excluding diaryl/α,β-unsaturated/α-hetero) is 1. The fraction of sp³-hybridized carbons (Fsp3) is 0.545. The van der Waals surface area contributed by atoms with Crippen LogP contribution in [0.4, 0.5) is 0 Å². The van der Waals surface area contributed by atoms with Crippen LogP contribution in [-0.2, 0) is 9.53 Å². The summed E-state index contributed by atoms with van der Waals surface area (Å²) >= 11 is 3.54. The van der Waals surface area contributed by atoms with Gasteiger partial charge < -0.3 is 4.74 Å². The molecule has 0 radical (unpaired) electrons. The van der Waals surface area contributed by atoms with E-state index in [1.165, 1.54) is 5.57 Å². The molecule has 2 aliphatic carbocycles. The smallest absolute Gasteiger partial charge is 0.191 e. The van der Waals surface area contributed by atoms with Crippen molar-refractivity contribution in [2.75, 3.05) is 7.11 Å². The SMILES string of the molecule is COC1CCC2=CC(Br)CC=C2C1=O. The molecule has 2 atom stereocenters. The molecule has 2 rings (SSSR count). The number of hydrogen-bond acceptors (Lipinski definition) is 2. The molecule has 1 saturated carbocycles. The van der Waals surface area contributed by atoms with E-state index in [4.69, 9.17) is 4.74 Å². The fourth-order valence-electron chi connectivity index (χ4n) is 2.03. The fourth-order valence-corrected chi connectivity index (χ4v) is 2.54. The summed E-state index contributed by atoms with van der Waals surface area (Å²) in [5, 5.41) is 0. The monoisotopic (exact) mass is 256 g/mol. The molecule has 1 fully saturated rings. The van der Waals surface area contributed by atoms with Crippen LogP contribution in [0.15, 0.2) is 23.3 Å². The zero-order valence-corrected chi connectivity index (χ0v) is 9.71. The van der Waals surface area contributed by atoms with Crippen LogP contribution in [0, 0.1) is 0 Å². The highest BCUT2D eigenvalue weighted by molar-refractivity contribution is 9.09. The summed E-state index contributed by atoms with van der Waals surface area (Å²) in [5.41, 5.74) is 2.08. The van der Waals surface area contributed by atoms with Crippen molar-refractivity contribution in [3.05, 3.63) is 23.3 Å². The maximum Gasteiger partial charge on any atom is 0.191 e. The molecule has 0 heterocycles. The highest BCUT2D eigenvalue weighted by Gasteiger charge is 2.31. The summed E-state index contributed by atoms with van der Waals surface area (Å²) in [6.45, 7) is 0. The summed E-state index contributed by atoms with van der Waals surface area (Å²) in [4.78, 5) is 12.2. The third-order valence-electron chi connectivity index (χ3n) is 2.79. The number of methoxy groups -OCH3 is 1. The van der Waals surface area contributed by atoms with Crippen molar-refractivity contribution < 1.29 is 9.53 Å². The predicted molar refractivity (Wildman–Crippen MR) is 58.5 cm³/mol. The van der Waals surface area contributed by atoms with Gasteiger partial charge in [0.15, 0.2) is 5.78 Å². The van der Waals surface area contributed by atoms with E-state index in [9.17, 15) is 4.79 Å². The molecule has 0 spiro atoms. The van der Waals surface area contributed by atoms with Gasteiger partial charge in [-0.2, -0.15) is 0 Å². The van der Waals surface area contributed by atoms with Gasteiger partial charge in [0.1, 0.15) is 6.10 Å². The van der Waals surface area contributed by atoms with Gasteiger partial charge >= 0.3 is 0 Å². The molecule has 0 aromatic heterocycles. The number of fused-ring (bicyclic) bond motifs is 1. The van der Waals surface area contributed by atoms with Crippen molar-refractivity contribution in [1.29, 1.82) is 0 Å². The first-order chi connectivity index (χ1) is 6.72. The van der Waals surface area contributed by atoms with Crippen molar-refractivity contribution in [3.63, 3.8) is 0 Å². The topological polar surface area (TPSA) is 26.3 Å². The highest BCUT2D eigenvalue weighted by atomic mass is 79.9. The number of carbonyl (C=O) groups is 1. The number of halogens is 1. The van der Waals surface area contributed by atoms with Crippen LogP contribution in [-0.4, -0.2) is 23.8 Å². The largest absolute Gasteiger partial charge is 0.373 e. The zero-order valence-electron chi connectivity index (χ0n) is 8.13. The van der Waals surface area contributed by atoms with Gasteiger partial charge in [0.2, 0.25) is 0 Å². The molecule has 0 aliphatic heterocycles. The minimum atomic E-state index is -0.217. The lowest BCUT2D eigenvalue weighted by atomic mass is 9.83. The van der Waals surface area contributed by atoms with Gasteiger partial charge in [0, 0.05) is 17.5 Å². The summed E-state index contributed by atoms with van der Waals surface area (Å²) in [6.07, 6.45) is 6.64. The molecule has 14 heavy (non-hydrogen) atoms. The minimum absolute atomic E-state index is 0.157. The van der Waals surface area contributed by atoms with Gasteiger partial charge in [0.05, 0.1) is 0 Å². The van der Waals surface area contributed by atoms with Crippen LogP contribution >= 0.6 is 15.9 Å². The van der Waals surface area contributed by atoms with E-state index < -0.39 is 0 Å². The van der Waals surface area contributed by atoms with Crippen LogP contribution < -0.4 is 0 Å². The van der Waals surface area contributed by atoms with E-state index >= 15 is 0 Å². The molecule has 0 aromatic carbocycles. The first kappa shape index (κ1) is 10.1. The molecule has 3 heteroatoms. The van der Waals surface area contributed by atoms with E-state index in [2.05, 4.69) is 22.0 Å². The minimum Gasteiger partial charge on any atom is -0.373 e. The lowest BCUT2D eigenvalue weighted by Gasteiger charge is -2.27. The molecule has 76 valence electrons. The molecule has 2 unspecified atom stereocenters. The van der Waals surface area contributed by atoms with E-state index in [-0.39, 0.29) is 11.9 Å². The van der Waals surface area contributed by atoms with Gasteiger partial charge in [0.25, 0.3) is 0 Å². The lowest BCUT2D eigenvalue weighted by Crippen LogP contribution is -2.31. The van der Waals surface area contributed by atoms with Crippen LogP contribution in [0.3, 0.4) is 0 Å². The molecule has 2 aliphatic rings. The van der Waals surface area contributed by atoms with Gasteiger partial charge in [-0.3, -0.25) is 4.79 Å². The third kappa shape index (κ3) is 1.71. The van der Waals surface area contributed by atoms with Crippen LogP contribution in [0.2, 0.25) is 0 Å². The molecular weight excluding hydrogens is 244 g/mol. The average Bonchev–Trinajstić information content (AvgIpc) is 2.18. The summed E-state index contributed by atoms with van der Waals surface area (Å²) < 4.78 is 5.15.